The molecule has 12 heavy (non-hydrogen) atoms. The Balaban J connectivity index is 1.62. The second kappa shape index (κ2) is 1.88. The second-order valence-corrected chi connectivity index (χ2v) is 5.20. The topological polar surface area (TPSA) is 29.3 Å². The van der Waals surface area contributed by atoms with Crippen molar-refractivity contribution in [3.8, 4) is 0 Å². The Morgan fingerprint density at radius 3 is 2.42 bits per heavy atom. The molecule has 0 bridgehead atoms. The van der Waals surface area contributed by atoms with Crippen LogP contribution in [0.15, 0.2) is 0 Å². The van der Waals surface area contributed by atoms with E-state index in [1.165, 1.54) is 38.9 Å². The van der Waals surface area contributed by atoms with Gasteiger partial charge in [0.05, 0.1) is 0 Å². The van der Waals surface area contributed by atoms with E-state index in [-0.39, 0.29) is 5.54 Å². The minimum Gasteiger partial charge on any atom is -0.324 e. The van der Waals surface area contributed by atoms with Crippen LogP contribution in [0.3, 0.4) is 0 Å². The van der Waals surface area contributed by atoms with Gasteiger partial charge in [0.1, 0.15) is 0 Å². The summed E-state index contributed by atoms with van der Waals surface area (Å²) in [5, 5.41) is 0. The average Bonchev–Trinajstić information content (AvgIpc) is 2.72. The molecule has 3 fully saturated rings. The van der Waals surface area contributed by atoms with Crippen LogP contribution in [-0.4, -0.2) is 30.1 Å². The number of nitrogens with two attached hydrogens (primary N) is 1. The molecule has 2 heteroatoms. The molecule has 3 rings (SSSR count). The van der Waals surface area contributed by atoms with Crippen LogP contribution in [0.25, 0.3) is 0 Å². The van der Waals surface area contributed by atoms with Gasteiger partial charge in [-0.25, -0.2) is 0 Å². The lowest BCUT2D eigenvalue weighted by Gasteiger charge is -2.26. The van der Waals surface area contributed by atoms with Gasteiger partial charge in [-0.2, -0.15) is 0 Å². The van der Waals surface area contributed by atoms with Crippen molar-refractivity contribution in [2.75, 3.05) is 19.6 Å². The summed E-state index contributed by atoms with van der Waals surface area (Å²) in [6, 6.07) is 0. The van der Waals surface area contributed by atoms with Gasteiger partial charge in [-0.3, -0.25) is 0 Å². The molecule has 0 spiro atoms. The minimum absolute atomic E-state index is 0.287. The van der Waals surface area contributed by atoms with Crippen molar-refractivity contribution in [1.29, 1.82) is 0 Å². The summed E-state index contributed by atoms with van der Waals surface area (Å²) in [6.45, 7) is 6.28. The molecule has 68 valence electrons. The van der Waals surface area contributed by atoms with Gasteiger partial charge in [0.15, 0.2) is 0 Å². The highest BCUT2D eigenvalue weighted by Crippen LogP contribution is 2.79. The maximum Gasteiger partial charge on any atom is 0.0263 e. The Labute approximate surface area is 74.1 Å². The van der Waals surface area contributed by atoms with Gasteiger partial charge >= 0.3 is 0 Å². The molecule has 1 aliphatic heterocycles. The normalized spacial score (nSPS) is 57.0. The highest BCUT2D eigenvalue weighted by atomic mass is 15.2. The summed E-state index contributed by atoms with van der Waals surface area (Å²) in [7, 11) is 0. The zero-order valence-electron chi connectivity index (χ0n) is 7.84. The molecule has 3 atom stereocenters. The summed E-state index contributed by atoms with van der Waals surface area (Å²) >= 11 is 0. The van der Waals surface area contributed by atoms with Crippen molar-refractivity contribution < 1.29 is 0 Å². The number of nitrogens with zero attached hydrogens (tertiary/aromatic N) is 1. The molecule has 0 aromatic heterocycles. The average molecular weight is 166 g/mol. The maximum atomic E-state index is 6.17. The van der Waals surface area contributed by atoms with Gasteiger partial charge in [-0.1, -0.05) is 6.92 Å². The van der Waals surface area contributed by atoms with Crippen molar-refractivity contribution >= 4 is 0 Å². The molecule has 0 amide bonds. The minimum atomic E-state index is 0.287. The van der Waals surface area contributed by atoms with Crippen molar-refractivity contribution in [1.82, 2.24) is 4.90 Å². The molecule has 0 radical (unpaired) electrons. The monoisotopic (exact) mass is 166 g/mol. The van der Waals surface area contributed by atoms with Crippen LogP contribution in [-0.2, 0) is 0 Å². The first-order valence-corrected chi connectivity index (χ1v) is 5.18. The summed E-state index contributed by atoms with van der Waals surface area (Å²) in [6.07, 6.45) is 4.11. The molecule has 2 nitrogen and oxygen atoms in total. The number of hydrogen-bond acceptors (Lipinski definition) is 2. The molecule has 0 aromatic carbocycles. The largest absolute Gasteiger partial charge is 0.324 e. The van der Waals surface area contributed by atoms with E-state index >= 15 is 0 Å². The number of likely N-dealkylation sites (tertiary alicyclic amines) is 1. The number of hydrogen-bond donors (Lipinski definition) is 1. The van der Waals surface area contributed by atoms with Crippen LogP contribution >= 0.6 is 0 Å². The Hall–Kier alpha value is -0.0800. The Kier molecular flexibility index (Phi) is 1.15. The van der Waals surface area contributed by atoms with E-state index in [4.69, 9.17) is 5.73 Å². The third kappa shape index (κ3) is 0.686. The fourth-order valence-corrected chi connectivity index (χ4v) is 3.17. The fraction of sp³-hybridized carbons (Fsp3) is 1.00. The highest BCUT2D eigenvalue weighted by molar-refractivity contribution is 5.39. The van der Waals surface area contributed by atoms with Gasteiger partial charge in [-0.05, 0) is 38.3 Å². The molecule has 0 aromatic rings. The SMILES string of the molecule is CC1(CN2CCCC2)C2CC21N. The molecule has 2 N–H and O–H groups in total. The van der Waals surface area contributed by atoms with E-state index in [9.17, 15) is 0 Å². The van der Waals surface area contributed by atoms with Crippen LogP contribution in [0.1, 0.15) is 26.2 Å². The van der Waals surface area contributed by atoms with Crippen molar-refractivity contribution in [2.24, 2.45) is 17.1 Å². The van der Waals surface area contributed by atoms with Crippen LogP contribution < -0.4 is 5.73 Å². The van der Waals surface area contributed by atoms with Gasteiger partial charge < -0.3 is 10.6 Å². The van der Waals surface area contributed by atoms with Crippen LogP contribution in [0.5, 0.6) is 0 Å². The Morgan fingerprint density at radius 2 is 2.00 bits per heavy atom. The van der Waals surface area contributed by atoms with Gasteiger partial charge in [0.25, 0.3) is 0 Å². The van der Waals surface area contributed by atoms with Crippen LogP contribution in [0.2, 0.25) is 0 Å². The summed E-state index contributed by atoms with van der Waals surface area (Å²) in [5.74, 6) is 0.880. The lowest BCUT2D eigenvalue weighted by Crippen LogP contribution is -2.36. The summed E-state index contributed by atoms with van der Waals surface area (Å²) in [4.78, 5) is 2.60. The van der Waals surface area contributed by atoms with E-state index in [1.807, 2.05) is 0 Å². The van der Waals surface area contributed by atoms with Crippen LogP contribution in [0, 0.1) is 11.3 Å². The lowest BCUT2D eigenvalue weighted by molar-refractivity contribution is 0.223. The standard InChI is InChI=1S/C10H18N2/c1-9(8-6-10(8,9)11)7-12-4-2-3-5-12/h8H,2-7,11H2,1H3. The van der Waals surface area contributed by atoms with Gasteiger partial charge in [-0.15, -0.1) is 0 Å². The fourth-order valence-electron chi connectivity index (χ4n) is 3.17. The smallest absolute Gasteiger partial charge is 0.0263 e. The van der Waals surface area contributed by atoms with Crippen LogP contribution in [0.4, 0.5) is 0 Å². The van der Waals surface area contributed by atoms with Gasteiger partial charge in [0.2, 0.25) is 0 Å². The molecule has 3 unspecified atom stereocenters. The number of fused-ring (bicyclic) bond motifs is 1. The molecule has 1 heterocycles. The van der Waals surface area contributed by atoms with E-state index in [0.717, 1.165) is 5.92 Å². The van der Waals surface area contributed by atoms with Gasteiger partial charge in [0, 0.05) is 17.5 Å². The molecular weight excluding hydrogens is 148 g/mol. The first-order valence-electron chi connectivity index (χ1n) is 5.18. The second-order valence-electron chi connectivity index (χ2n) is 5.20. The van der Waals surface area contributed by atoms with Crippen molar-refractivity contribution in [3.05, 3.63) is 0 Å². The quantitative estimate of drug-likeness (QED) is 0.658. The first kappa shape index (κ1) is 7.34. The summed E-state index contributed by atoms with van der Waals surface area (Å²) < 4.78 is 0. The predicted molar refractivity (Wildman–Crippen MR) is 48.8 cm³/mol. The van der Waals surface area contributed by atoms with E-state index in [2.05, 4.69) is 11.8 Å². The van der Waals surface area contributed by atoms with Crippen molar-refractivity contribution in [2.45, 2.75) is 31.7 Å². The summed E-state index contributed by atoms with van der Waals surface area (Å²) in [5.41, 5.74) is 6.97. The molecule has 2 aliphatic carbocycles. The Bertz CT molecular complexity index is 222. The maximum absolute atomic E-state index is 6.17. The molecule has 1 saturated heterocycles. The third-order valence-electron chi connectivity index (χ3n) is 4.50. The van der Waals surface area contributed by atoms with E-state index in [1.54, 1.807) is 0 Å². The third-order valence-corrected chi connectivity index (χ3v) is 4.50. The molecule has 2 saturated carbocycles. The molecular formula is C10H18N2. The first-order chi connectivity index (χ1) is 5.67. The molecule has 3 aliphatic rings. The van der Waals surface area contributed by atoms with E-state index < -0.39 is 0 Å². The predicted octanol–water partition coefficient (Wildman–Crippen LogP) is 0.819. The lowest BCUT2D eigenvalue weighted by atomic mass is 9.94. The zero-order valence-corrected chi connectivity index (χ0v) is 7.84. The van der Waals surface area contributed by atoms with E-state index in [0.29, 0.717) is 5.41 Å². The Morgan fingerprint density at radius 1 is 1.42 bits per heavy atom. The number of rotatable bonds is 2. The van der Waals surface area contributed by atoms with Crippen molar-refractivity contribution in [3.63, 3.8) is 0 Å². The zero-order chi connectivity index (χ0) is 8.40. The highest BCUT2D eigenvalue weighted by Gasteiger charge is 2.84.